The van der Waals surface area contributed by atoms with Crippen molar-refractivity contribution < 1.29 is 18.5 Å². The molecule has 8 heteroatoms. The predicted octanol–water partition coefficient (Wildman–Crippen LogP) is 2.69. The second-order valence-corrected chi connectivity index (χ2v) is 6.37. The Labute approximate surface area is 156 Å². The van der Waals surface area contributed by atoms with Crippen molar-refractivity contribution in [2.45, 2.75) is 12.3 Å². The molecule has 27 heavy (non-hydrogen) atoms. The molecule has 8 nitrogen and oxygen atoms in total. The predicted molar refractivity (Wildman–Crippen MR) is 96.4 cm³/mol. The molecule has 0 unspecified atom stereocenters. The summed E-state index contributed by atoms with van der Waals surface area (Å²) in [5.74, 6) is 2.41. The molecule has 0 aliphatic carbocycles. The van der Waals surface area contributed by atoms with E-state index in [0.717, 1.165) is 17.7 Å². The Morgan fingerprint density at radius 3 is 2.81 bits per heavy atom. The lowest BCUT2D eigenvalue weighted by Gasteiger charge is -2.36. The zero-order valence-corrected chi connectivity index (χ0v) is 14.9. The summed E-state index contributed by atoms with van der Waals surface area (Å²) < 4.78 is 15.7. The topological polar surface area (TPSA) is 93.6 Å². The van der Waals surface area contributed by atoms with Crippen LogP contribution in [-0.4, -0.2) is 47.8 Å². The number of hydrogen-bond donors (Lipinski definition) is 1. The molecule has 0 atom stereocenters. The van der Waals surface area contributed by atoms with E-state index >= 15 is 0 Å². The van der Waals surface area contributed by atoms with Gasteiger partial charge in [0.15, 0.2) is 5.76 Å². The van der Waals surface area contributed by atoms with Crippen molar-refractivity contribution in [1.82, 2.24) is 20.4 Å². The molecule has 1 fully saturated rings. The molecule has 3 heterocycles. The number of likely N-dealkylation sites (tertiary alicyclic amines) is 1. The molecule has 4 rings (SSSR count). The van der Waals surface area contributed by atoms with Crippen LogP contribution < -0.4 is 10.1 Å². The molecular weight excluding hydrogens is 348 g/mol. The molecular formula is C19H20N4O4. The maximum absolute atomic E-state index is 12.2. The summed E-state index contributed by atoms with van der Waals surface area (Å²) in [4.78, 5) is 18.3. The average molecular weight is 368 g/mol. The van der Waals surface area contributed by atoms with E-state index in [0.29, 0.717) is 37.1 Å². The van der Waals surface area contributed by atoms with Crippen LogP contribution in [0.15, 0.2) is 51.6 Å². The SMILES string of the molecule is COc1ccc(CCNC(=O)N2CC(c3nc(-c4ccco4)no3)C2)cc1. The zero-order valence-electron chi connectivity index (χ0n) is 14.9. The number of furan rings is 1. The molecule has 3 aromatic rings. The number of nitrogens with zero attached hydrogens (tertiary/aromatic N) is 3. The molecule has 1 aromatic carbocycles. The minimum atomic E-state index is -0.0782. The van der Waals surface area contributed by atoms with Gasteiger partial charge in [0.2, 0.25) is 11.7 Å². The minimum absolute atomic E-state index is 0.0635. The summed E-state index contributed by atoms with van der Waals surface area (Å²) in [5.41, 5.74) is 1.15. The molecule has 2 aromatic heterocycles. The van der Waals surface area contributed by atoms with Crippen LogP contribution in [0.2, 0.25) is 0 Å². The van der Waals surface area contributed by atoms with Gasteiger partial charge >= 0.3 is 6.03 Å². The van der Waals surface area contributed by atoms with E-state index in [1.54, 1.807) is 30.4 Å². The normalized spacial score (nSPS) is 14.0. The van der Waals surface area contributed by atoms with Gasteiger partial charge in [-0.05, 0) is 36.2 Å². The number of hydrogen-bond acceptors (Lipinski definition) is 6. The van der Waals surface area contributed by atoms with Gasteiger partial charge in [0.05, 0.1) is 19.3 Å². The maximum atomic E-state index is 12.2. The highest BCUT2D eigenvalue weighted by atomic mass is 16.5. The number of rotatable bonds is 6. The number of carbonyl (C=O) groups excluding carboxylic acids is 1. The fraction of sp³-hybridized carbons (Fsp3) is 0.316. The summed E-state index contributed by atoms with van der Waals surface area (Å²) in [7, 11) is 1.64. The first-order chi connectivity index (χ1) is 13.2. The van der Waals surface area contributed by atoms with Gasteiger partial charge < -0.3 is 23.9 Å². The van der Waals surface area contributed by atoms with E-state index in [1.807, 2.05) is 24.3 Å². The van der Waals surface area contributed by atoms with Crippen LogP contribution in [0.25, 0.3) is 11.6 Å². The first kappa shape index (κ1) is 17.1. The zero-order chi connectivity index (χ0) is 18.6. The molecule has 0 spiro atoms. The highest BCUT2D eigenvalue weighted by Crippen LogP contribution is 2.27. The number of amides is 2. The van der Waals surface area contributed by atoms with Crippen molar-refractivity contribution in [1.29, 1.82) is 0 Å². The van der Waals surface area contributed by atoms with Crippen molar-refractivity contribution in [2.75, 3.05) is 26.7 Å². The van der Waals surface area contributed by atoms with Crippen LogP contribution in [0, 0.1) is 0 Å². The second-order valence-electron chi connectivity index (χ2n) is 6.37. The molecule has 140 valence electrons. The average Bonchev–Trinajstić information content (AvgIpc) is 3.33. The van der Waals surface area contributed by atoms with Gasteiger partial charge in [0, 0.05) is 19.6 Å². The molecule has 1 N–H and O–H groups in total. The Kier molecular flexibility index (Phi) is 4.78. The van der Waals surface area contributed by atoms with E-state index in [4.69, 9.17) is 13.7 Å². The number of aromatic nitrogens is 2. The summed E-state index contributed by atoms with van der Waals surface area (Å²) in [6.07, 6.45) is 2.33. The van der Waals surface area contributed by atoms with Crippen molar-refractivity contribution >= 4 is 6.03 Å². The minimum Gasteiger partial charge on any atom is -0.497 e. The third-order valence-electron chi connectivity index (χ3n) is 4.55. The number of urea groups is 1. The number of carbonyl (C=O) groups is 1. The molecule has 2 amide bonds. The number of benzene rings is 1. The number of ether oxygens (including phenoxy) is 1. The molecule has 1 aliphatic heterocycles. The van der Waals surface area contributed by atoms with Gasteiger partial charge in [0.1, 0.15) is 5.75 Å². The summed E-state index contributed by atoms with van der Waals surface area (Å²) in [6.45, 7) is 1.71. The van der Waals surface area contributed by atoms with Crippen molar-refractivity contribution in [3.63, 3.8) is 0 Å². The quantitative estimate of drug-likeness (QED) is 0.719. The van der Waals surface area contributed by atoms with Crippen LogP contribution in [0.3, 0.4) is 0 Å². The third kappa shape index (κ3) is 3.79. The lowest BCUT2D eigenvalue weighted by molar-refractivity contribution is 0.137. The Bertz CT molecular complexity index is 883. The monoisotopic (exact) mass is 368 g/mol. The van der Waals surface area contributed by atoms with E-state index < -0.39 is 0 Å². The van der Waals surface area contributed by atoms with Gasteiger partial charge in [-0.15, -0.1) is 0 Å². The molecule has 0 radical (unpaired) electrons. The lowest BCUT2D eigenvalue weighted by atomic mass is 10.0. The number of nitrogens with one attached hydrogen (secondary N) is 1. The summed E-state index contributed by atoms with van der Waals surface area (Å²) in [6, 6.07) is 11.3. The van der Waals surface area contributed by atoms with Crippen molar-refractivity contribution in [2.24, 2.45) is 0 Å². The molecule has 1 saturated heterocycles. The fourth-order valence-electron chi connectivity index (χ4n) is 2.93. The van der Waals surface area contributed by atoms with Crippen LogP contribution in [0.5, 0.6) is 5.75 Å². The first-order valence-electron chi connectivity index (χ1n) is 8.76. The van der Waals surface area contributed by atoms with E-state index in [-0.39, 0.29) is 11.9 Å². The summed E-state index contributed by atoms with van der Waals surface area (Å²) in [5, 5.41) is 6.85. The highest BCUT2D eigenvalue weighted by molar-refractivity contribution is 5.75. The molecule has 1 aliphatic rings. The smallest absolute Gasteiger partial charge is 0.317 e. The first-order valence-corrected chi connectivity index (χ1v) is 8.76. The van der Waals surface area contributed by atoms with Crippen LogP contribution >= 0.6 is 0 Å². The Morgan fingerprint density at radius 2 is 2.11 bits per heavy atom. The van der Waals surface area contributed by atoms with Crippen molar-refractivity contribution in [3.8, 4) is 17.3 Å². The van der Waals surface area contributed by atoms with E-state index in [9.17, 15) is 4.79 Å². The van der Waals surface area contributed by atoms with E-state index in [2.05, 4.69) is 15.5 Å². The molecule has 0 bridgehead atoms. The number of methoxy groups -OCH3 is 1. The Morgan fingerprint density at radius 1 is 1.30 bits per heavy atom. The summed E-state index contributed by atoms with van der Waals surface area (Å²) >= 11 is 0. The Hall–Kier alpha value is -3.29. The fourth-order valence-corrected chi connectivity index (χ4v) is 2.93. The van der Waals surface area contributed by atoms with E-state index in [1.165, 1.54) is 0 Å². The molecule has 0 saturated carbocycles. The van der Waals surface area contributed by atoms with Gasteiger partial charge in [-0.25, -0.2) is 4.79 Å². The Balaban J connectivity index is 1.21. The van der Waals surface area contributed by atoms with Crippen molar-refractivity contribution in [3.05, 3.63) is 54.1 Å². The third-order valence-corrected chi connectivity index (χ3v) is 4.55. The second kappa shape index (κ2) is 7.53. The lowest BCUT2D eigenvalue weighted by Crippen LogP contribution is -2.52. The van der Waals surface area contributed by atoms with Crippen LogP contribution in [-0.2, 0) is 6.42 Å². The van der Waals surface area contributed by atoms with Gasteiger partial charge in [-0.3, -0.25) is 0 Å². The van der Waals surface area contributed by atoms with Crippen LogP contribution in [0.1, 0.15) is 17.4 Å². The highest BCUT2D eigenvalue weighted by Gasteiger charge is 2.35. The largest absolute Gasteiger partial charge is 0.497 e. The standard InChI is InChI=1S/C19H20N4O4/c1-25-15-6-4-13(5-7-15)8-9-20-19(24)23-11-14(12-23)18-21-17(22-27-18)16-3-2-10-26-16/h2-7,10,14H,8-9,11-12H2,1H3,(H,20,24). The van der Waals surface area contributed by atoms with Gasteiger partial charge in [0.25, 0.3) is 0 Å². The van der Waals surface area contributed by atoms with Gasteiger partial charge in [-0.1, -0.05) is 17.3 Å². The van der Waals surface area contributed by atoms with Crippen LogP contribution in [0.4, 0.5) is 4.79 Å². The van der Waals surface area contributed by atoms with Gasteiger partial charge in [-0.2, -0.15) is 4.98 Å². The maximum Gasteiger partial charge on any atom is 0.317 e.